The van der Waals surface area contributed by atoms with Gasteiger partial charge in [0.25, 0.3) is 0 Å². The maximum atomic E-state index is 9.24. The topological polar surface area (TPSA) is 71.5 Å². The van der Waals surface area contributed by atoms with Gasteiger partial charge in [-0.1, -0.05) is 0 Å². The summed E-state index contributed by atoms with van der Waals surface area (Å²) in [4.78, 5) is 2.10. The number of nitrogen functional groups attached to an aromatic ring is 1. The Morgan fingerprint density at radius 2 is 1.75 bits per heavy atom. The number of ether oxygens (including phenoxy) is 2. The summed E-state index contributed by atoms with van der Waals surface area (Å²) in [7, 11) is 0. The van der Waals surface area contributed by atoms with Crippen LogP contribution in [0.25, 0.3) is 0 Å². The van der Waals surface area contributed by atoms with Gasteiger partial charge in [0, 0.05) is 32.0 Å². The Balaban J connectivity index is 2.82. The van der Waals surface area contributed by atoms with Gasteiger partial charge in [0.1, 0.15) is 6.07 Å². The molecule has 2 N–H and O–H groups in total. The lowest BCUT2D eigenvalue weighted by Crippen LogP contribution is -2.31. The van der Waals surface area contributed by atoms with Crippen LogP contribution in [0, 0.1) is 11.3 Å². The van der Waals surface area contributed by atoms with E-state index in [1.807, 2.05) is 26.0 Å². The van der Waals surface area contributed by atoms with E-state index in [9.17, 15) is 5.26 Å². The molecule has 0 aliphatic rings. The van der Waals surface area contributed by atoms with Crippen LogP contribution in [-0.2, 0) is 9.47 Å². The number of nitrogens with two attached hydrogens (primary N) is 1. The predicted molar refractivity (Wildman–Crippen MR) is 80.8 cm³/mol. The first-order valence-electron chi connectivity index (χ1n) is 6.93. The second kappa shape index (κ2) is 9.18. The highest BCUT2D eigenvalue weighted by Gasteiger charge is 2.11. The van der Waals surface area contributed by atoms with Gasteiger partial charge in [-0.2, -0.15) is 5.26 Å². The van der Waals surface area contributed by atoms with E-state index in [1.165, 1.54) is 0 Å². The molecule has 0 saturated carbocycles. The molecular formula is C15H23N3O2. The van der Waals surface area contributed by atoms with Gasteiger partial charge >= 0.3 is 0 Å². The van der Waals surface area contributed by atoms with E-state index in [0.717, 1.165) is 18.8 Å². The van der Waals surface area contributed by atoms with Gasteiger partial charge in [-0.15, -0.1) is 0 Å². The Hall–Kier alpha value is -1.77. The van der Waals surface area contributed by atoms with Crippen LogP contribution in [0.5, 0.6) is 0 Å². The Bertz CT molecular complexity index is 433. The van der Waals surface area contributed by atoms with Gasteiger partial charge in [-0.25, -0.2) is 0 Å². The van der Waals surface area contributed by atoms with Crippen molar-refractivity contribution >= 4 is 11.4 Å². The van der Waals surface area contributed by atoms with Crippen molar-refractivity contribution in [2.75, 3.05) is 50.2 Å². The third kappa shape index (κ3) is 5.08. The second-order valence-electron chi connectivity index (χ2n) is 4.27. The molecule has 5 nitrogen and oxygen atoms in total. The molecule has 5 heteroatoms. The largest absolute Gasteiger partial charge is 0.399 e. The van der Waals surface area contributed by atoms with Crippen molar-refractivity contribution in [2.24, 2.45) is 0 Å². The van der Waals surface area contributed by atoms with E-state index in [-0.39, 0.29) is 0 Å². The number of anilines is 2. The van der Waals surface area contributed by atoms with Gasteiger partial charge in [-0.3, -0.25) is 0 Å². The summed E-state index contributed by atoms with van der Waals surface area (Å²) in [6.45, 7) is 8.00. The van der Waals surface area contributed by atoms with Crippen LogP contribution < -0.4 is 10.6 Å². The average Bonchev–Trinajstić information content (AvgIpc) is 2.46. The van der Waals surface area contributed by atoms with E-state index in [1.54, 1.807) is 6.07 Å². The molecule has 110 valence electrons. The number of nitriles is 1. The molecule has 1 aromatic rings. The van der Waals surface area contributed by atoms with Crippen molar-refractivity contribution in [3.05, 3.63) is 23.8 Å². The normalized spacial score (nSPS) is 10.2. The van der Waals surface area contributed by atoms with E-state index in [4.69, 9.17) is 15.2 Å². The monoisotopic (exact) mass is 277 g/mol. The molecule has 0 aliphatic carbocycles. The van der Waals surface area contributed by atoms with Crippen LogP contribution in [0.3, 0.4) is 0 Å². The van der Waals surface area contributed by atoms with Gasteiger partial charge in [-0.05, 0) is 32.0 Å². The summed E-state index contributed by atoms with van der Waals surface area (Å²) >= 11 is 0. The molecular weight excluding hydrogens is 254 g/mol. The molecule has 0 radical (unpaired) electrons. The quantitative estimate of drug-likeness (QED) is 0.552. The van der Waals surface area contributed by atoms with Crippen molar-refractivity contribution in [3.63, 3.8) is 0 Å². The maximum absolute atomic E-state index is 9.24. The van der Waals surface area contributed by atoms with Crippen molar-refractivity contribution in [1.29, 1.82) is 5.26 Å². The molecule has 0 saturated heterocycles. The minimum Gasteiger partial charge on any atom is -0.399 e. The average molecular weight is 277 g/mol. The fourth-order valence-electron chi connectivity index (χ4n) is 1.91. The highest BCUT2D eigenvalue weighted by Crippen LogP contribution is 2.22. The van der Waals surface area contributed by atoms with Gasteiger partial charge < -0.3 is 20.1 Å². The predicted octanol–water partition coefficient (Wildman–Crippen LogP) is 2.02. The van der Waals surface area contributed by atoms with Crippen LogP contribution in [0.2, 0.25) is 0 Å². The summed E-state index contributed by atoms with van der Waals surface area (Å²) in [6, 6.07) is 7.58. The van der Waals surface area contributed by atoms with Crippen LogP contribution in [-0.4, -0.2) is 39.5 Å². The summed E-state index contributed by atoms with van der Waals surface area (Å²) < 4.78 is 10.8. The van der Waals surface area contributed by atoms with Crippen molar-refractivity contribution < 1.29 is 9.47 Å². The summed E-state index contributed by atoms with van der Waals surface area (Å²) in [5, 5.41) is 9.24. The Labute approximate surface area is 120 Å². The standard InChI is InChI=1S/C15H23N3O2/c1-3-19-9-7-18(8-10-20-4-2)15-6-5-14(17)11-13(15)12-16/h5-6,11H,3-4,7-10,17H2,1-2H3. The first-order valence-corrected chi connectivity index (χ1v) is 6.93. The first kappa shape index (κ1) is 16.3. The molecule has 0 fully saturated rings. The fraction of sp³-hybridized carbons (Fsp3) is 0.533. The molecule has 0 aromatic heterocycles. The van der Waals surface area contributed by atoms with E-state index in [2.05, 4.69) is 11.0 Å². The van der Waals surface area contributed by atoms with E-state index in [0.29, 0.717) is 37.7 Å². The molecule has 0 bridgehead atoms. The highest BCUT2D eigenvalue weighted by molar-refractivity contribution is 5.64. The Kier molecular flexibility index (Phi) is 7.48. The first-order chi connectivity index (χ1) is 9.72. The number of benzene rings is 1. The van der Waals surface area contributed by atoms with Gasteiger partial charge in [0.05, 0.1) is 24.5 Å². The summed E-state index contributed by atoms with van der Waals surface area (Å²) in [5.74, 6) is 0. The lowest BCUT2D eigenvalue weighted by Gasteiger charge is -2.25. The second-order valence-corrected chi connectivity index (χ2v) is 4.27. The number of rotatable bonds is 9. The lowest BCUT2D eigenvalue weighted by atomic mass is 10.1. The zero-order chi connectivity index (χ0) is 14.8. The van der Waals surface area contributed by atoms with Gasteiger partial charge in [0.15, 0.2) is 0 Å². The smallest absolute Gasteiger partial charge is 0.101 e. The maximum Gasteiger partial charge on any atom is 0.101 e. The SMILES string of the molecule is CCOCCN(CCOCC)c1ccc(N)cc1C#N. The molecule has 0 spiro atoms. The fourth-order valence-corrected chi connectivity index (χ4v) is 1.91. The van der Waals surface area contributed by atoms with Gasteiger partial charge in [0.2, 0.25) is 0 Å². The molecule has 0 heterocycles. The molecule has 0 atom stereocenters. The Morgan fingerprint density at radius 1 is 1.15 bits per heavy atom. The lowest BCUT2D eigenvalue weighted by molar-refractivity contribution is 0.141. The minimum absolute atomic E-state index is 0.581. The molecule has 1 rings (SSSR count). The number of hydrogen-bond donors (Lipinski definition) is 1. The van der Waals surface area contributed by atoms with Crippen molar-refractivity contribution in [2.45, 2.75) is 13.8 Å². The van der Waals surface area contributed by atoms with Crippen LogP contribution in [0.1, 0.15) is 19.4 Å². The van der Waals surface area contributed by atoms with Crippen molar-refractivity contribution in [3.8, 4) is 6.07 Å². The van der Waals surface area contributed by atoms with E-state index >= 15 is 0 Å². The zero-order valence-corrected chi connectivity index (χ0v) is 12.3. The Morgan fingerprint density at radius 3 is 2.25 bits per heavy atom. The summed E-state index contributed by atoms with van der Waals surface area (Å²) in [6.07, 6.45) is 0. The number of hydrogen-bond acceptors (Lipinski definition) is 5. The van der Waals surface area contributed by atoms with Crippen molar-refractivity contribution in [1.82, 2.24) is 0 Å². The number of nitrogens with zero attached hydrogens (tertiary/aromatic N) is 2. The minimum atomic E-state index is 0.581. The summed E-state index contributed by atoms with van der Waals surface area (Å²) in [5.41, 5.74) is 7.78. The van der Waals surface area contributed by atoms with Crippen LogP contribution in [0.15, 0.2) is 18.2 Å². The third-order valence-electron chi connectivity index (χ3n) is 2.90. The molecule has 0 amide bonds. The van der Waals surface area contributed by atoms with E-state index < -0.39 is 0 Å². The molecule has 0 aliphatic heterocycles. The third-order valence-corrected chi connectivity index (χ3v) is 2.90. The van der Waals surface area contributed by atoms with Crippen LogP contribution in [0.4, 0.5) is 11.4 Å². The highest BCUT2D eigenvalue weighted by atomic mass is 16.5. The molecule has 1 aromatic carbocycles. The zero-order valence-electron chi connectivity index (χ0n) is 12.3. The molecule has 0 unspecified atom stereocenters. The molecule has 20 heavy (non-hydrogen) atoms. The van der Waals surface area contributed by atoms with Crippen LogP contribution >= 0.6 is 0 Å².